The Morgan fingerprint density at radius 3 is 1.93 bits per heavy atom. The Bertz CT molecular complexity index is 969. The van der Waals surface area contributed by atoms with Crippen LogP contribution in [-0.4, -0.2) is 70.6 Å². The molecule has 0 radical (unpaired) electrons. The second-order valence-electron chi connectivity index (χ2n) is 10.0. The van der Waals surface area contributed by atoms with Gasteiger partial charge in [0, 0.05) is 6.54 Å². The molecule has 0 amide bonds. The number of unbranched alkanes of at least 4 members (excludes halogenated alkanes) is 2. The average molecular weight is 598 g/mol. The van der Waals surface area contributed by atoms with Crippen LogP contribution in [0.25, 0.3) is 0 Å². The van der Waals surface area contributed by atoms with Crippen LogP contribution in [0.1, 0.15) is 72.3 Å². The van der Waals surface area contributed by atoms with Gasteiger partial charge in [0.05, 0.1) is 26.9 Å². The third-order valence-electron chi connectivity index (χ3n) is 6.37. The van der Waals surface area contributed by atoms with Crippen LogP contribution in [0, 0.1) is 11.8 Å². The number of methoxy groups -OCH3 is 1. The molecule has 0 bridgehead atoms. The Hall–Kier alpha value is -3.54. The first-order chi connectivity index (χ1) is 20.1. The van der Waals surface area contributed by atoms with Crippen molar-refractivity contribution in [3.63, 3.8) is 0 Å². The summed E-state index contributed by atoms with van der Waals surface area (Å²) < 4.78 is 35.9. The summed E-state index contributed by atoms with van der Waals surface area (Å²) in [6, 6.07) is 3.68. The molecule has 1 N–H and O–H groups in total. The zero-order chi connectivity index (χ0) is 31.3. The van der Waals surface area contributed by atoms with E-state index in [4.69, 9.17) is 33.2 Å². The van der Waals surface area contributed by atoms with E-state index in [1.165, 1.54) is 19.2 Å². The summed E-state index contributed by atoms with van der Waals surface area (Å²) in [7, 11) is 1.25. The number of rotatable bonds is 19. The quantitative estimate of drug-likeness (QED) is 0.0886. The van der Waals surface area contributed by atoms with Crippen molar-refractivity contribution < 1.29 is 52.3 Å². The topological polar surface area (TPSA) is 145 Å². The molecule has 2 unspecified atom stereocenters. The fourth-order valence-corrected chi connectivity index (χ4v) is 3.27. The van der Waals surface area contributed by atoms with E-state index in [9.17, 15) is 19.2 Å². The minimum absolute atomic E-state index is 0.0258. The number of hydrogen-bond acceptors (Lipinski definition) is 12. The van der Waals surface area contributed by atoms with Gasteiger partial charge >= 0.3 is 24.4 Å². The molecule has 0 aliphatic rings. The first kappa shape index (κ1) is 36.5. The highest BCUT2D eigenvalue weighted by Crippen LogP contribution is 2.30. The Kier molecular flexibility index (Phi) is 18.4. The van der Waals surface area contributed by atoms with Gasteiger partial charge in [-0.3, -0.25) is 4.79 Å². The average Bonchev–Trinajstić information content (AvgIpc) is 2.99. The largest absolute Gasteiger partial charge is 0.513 e. The molecular weight excluding hydrogens is 550 g/mol. The maximum atomic E-state index is 12.4. The highest BCUT2D eigenvalue weighted by molar-refractivity contribution is 5.76. The van der Waals surface area contributed by atoms with Gasteiger partial charge < -0.3 is 38.5 Å². The molecule has 0 saturated carbocycles. The van der Waals surface area contributed by atoms with Crippen molar-refractivity contribution in [2.24, 2.45) is 11.8 Å². The summed E-state index contributed by atoms with van der Waals surface area (Å²) in [5.74, 6) is -0.409. The van der Waals surface area contributed by atoms with Gasteiger partial charge in [-0.2, -0.15) is 0 Å². The highest BCUT2D eigenvalue weighted by Gasteiger charge is 2.22. The molecule has 1 aromatic carbocycles. The van der Waals surface area contributed by atoms with Crippen LogP contribution in [0.15, 0.2) is 18.2 Å². The Morgan fingerprint density at radius 2 is 1.36 bits per heavy atom. The van der Waals surface area contributed by atoms with Crippen molar-refractivity contribution >= 4 is 24.4 Å². The zero-order valence-electron chi connectivity index (χ0n) is 25.7. The lowest BCUT2D eigenvalue weighted by Crippen LogP contribution is -2.41. The summed E-state index contributed by atoms with van der Waals surface area (Å²) in [6.45, 7) is 10.6. The zero-order valence-corrected chi connectivity index (χ0v) is 25.7. The van der Waals surface area contributed by atoms with Gasteiger partial charge in [0.15, 0.2) is 11.5 Å². The smallest absolute Gasteiger partial charge is 0.468 e. The van der Waals surface area contributed by atoms with Gasteiger partial charge in [0.25, 0.3) is 0 Å². The highest BCUT2D eigenvalue weighted by atomic mass is 16.7. The van der Waals surface area contributed by atoms with Crippen LogP contribution in [0.4, 0.5) is 14.4 Å². The number of hydrogen-bond donors (Lipinski definition) is 1. The van der Waals surface area contributed by atoms with Gasteiger partial charge in [0.1, 0.15) is 12.6 Å². The number of nitrogens with one attached hydrogen (secondary N) is 1. The monoisotopic (exact) mass is 597 g/mol. The number of carbonyl (C=O) groups is 4. The lowest BCUT2D eigenvalue weighted by Gasteiger charge is -2.18. The fourth-order valence-electron chi connectivity index (χ4n) is 3.27. The predicted molar refractivity (Wildman–Crippen MR) is 154 cm³/mol. The molecule has 0 saturated heterocycles. The van der Waals surface area contributed by atoms with Crippen molar-refractivity contribution in [2.45, 2.75) is 79.2 Å². The van der Waals surface area contributed by atoms with Gasteiger partial charge in [-0.25, -0.2) is 14.4 Å². The maximum absolute atomic E-state index is 12.4. The lowest BCUT2D eigenvalue weighted by atomic mass is 10.1. The van der Waals surface area contributed by atoms with Crippen molar-refractivity contribution in [3.8, 4) is 11.5 Å². The number of esters is 1. The minimum Gasteiger partial charge on any atom is -0.468 e. The van der Waals surface area contributed by atoms with Crippen molar-refractivity contribution in [1.82, 2.24) is 5.32 Å². The first-order valence-electron chi connectivity index (χ1n) is 14.6. The van der Waals surface area contributed by atoms with Crippen molar-refractivity contribution in [2.75, 3.05) is 40.1 Å². The lowest BCUT2D eigenvalue weighted by molar-refractivity contribution is -0.143. The first-order valence-corrected chi connectivity index (χ1v) is 14.6. The minimum atomic E-state index is -0.966. The number of benzene rings is 1. The molecule has 1 rings (SSSR count). The molecule has 0 spiro atoms. The Balaban J connectivity index is 2.92. The summed E-state index contributed by atoms with van der Waals surface area (Å²) in [6.07, 6.45) is 1.79. The predicted octanol–water partition coefficient (Wildman–Crippen LogP) is 5.83. The molecule has 42 heavy (non-hydrogen) atoms. The molecule has 0 aliphatic carbocycles. The van der Waals surface area contributed by atoms with Crippen LogP contribution in [0.2, 0.25) is 0 Å². The molecular formula is C30H47NO11. The van der Waals surface area contributed by atoms with Crippen LogP contribution < -0.4 is 14.8 Å². The normalized spacial score (nSPS) is 12.8. The van der Waals surface area contributed by atoms with E-state index in [1.807, 2.05) is 34.6 Å². The van der Waals surface area contributed by atoms with Gasteiger partial charge in [0.2, 0.25) is 0 Å². The van der Waals surface area contributed by atoms with E-state index in [2.05, 4.69) is 5.32 Å². The van der Waals surface area contributed by atoms with Crippen molar-refractivity contribution in [1.29, 1.82) is 0 Å². The molecule has 3 atom stereocenters. The second-order valence-corrected chi connectivity index (χ2v) is 10.0. The van der Waals surface area contributed by atoms with E-state index in [0.717, 1.165) is 32.1 Å². The maximum Gasteiger partial charge on any atom is 0.513 e. The van der Waals surface area contributed by atoms with Gasteiger partial charge in [-0.05, 0) is 42.4 Å². The van der Waals surface area contributed by atoms with Crippen LogP contribution in [0.3, 0.4) is 0 Å². The third kappa shape index (κ3) is 15.5. The summed E-state index contributed by atoms with van der Waals surface area (Å²) in [5.41, 5.74) is 0.555. The standard InChI is InChI=1S/C30H47NO11/c1-7-10-11-15-37-28(33)38-16-14-31-24(27(32)36-6)17-23-12-13-25(41-29(34)39-19-21(4)8-2)26(18-23)42-30(35)40-20-22(5)9-3/h12-13,18,21-22,24,31H,7-11,14-17,19-20H2,1-6H3/t21?,22?,24-/m0/s1. The molecule has 12 nitrogen and oxygen atoms in total. The fraction of sp³-hybridized carbons (Fsp3) is 0.667. The van der Waals surface area contributed by atoms with Crippen LogP contribution >= 0.6 is 0 Å². The molecule has 238 valence electrons. The Labute approximate surface area is 248 Å². The molecule has 0 heterocycles. The summed E-state index contributed by atoms with van der Waals surface area (Å²) >= 11 is 0. The number of carbonyl (C=O) groups excluding carboxylic acids is 4. The second kappa shape index (κ2) is 21.2. The van der Waals surface area contributed by atoms with Gasteiger partial charge in [-0.1, -0.05) is 66.4 Å². The SMILES string of the molecule is CCCCCOC(=O)OCCN[C@@H](Cc1ccc(OC(=O)OCC(C)CC)c(OC(=O)OCC(C)CC)c1)C(=O)OC. The van der Waals surface area contributed by atoms with Gasteiger partial charge in [-0.15, -0.1) is 0 Å². The summed E-state index contributed by atoms with van der Waals surface area (Å²) in [4.78, 5) is 48.8. The van der Waals surface area contributed by atoms with E-state index in [1.54, 1.807) is 6.07 Å². The van der Waals surface area contributed by atoms with E-state index < -0.39 is 30.5 Å². The Morgan fingerprint density at radius 1 is 0.762 bits per heavy atom. The molecule has 12 heteroatoms. The van der Waals surface area contributed by atoms with E-state index >= 15 is 0 Å². The van der Waals surface area contributed by atoms with E-state index in [0.29, 0.717) is 5.56 Å². The molecule has 1 aromatic rings. The molecule has 0 fully saturated rings. The number of ether oxygens (including phenoxy) is 7. The molecule has 0 aromatic heterocycles. The molecule has 0 aliphatic heterocycles. The third-order valence-corrected chi connectivity index (χ3v) is 6.37. The van der Waals surface area contributed by atoms with E-state index in [-0.39, 0.29) is 62.7 Å². The van der Waals surface area contributed by atoms with Crippen LogP contribution in [-0.2, 0) is 34.9 Å². The summed E-state index contributed by atoms with van der Waals surface area (Å²) in [5, 5.41) is 2.98. The van der Waals surface area contributed by atoms with Crippen LogP contribution in [0.5, 0.6) is 11.5 Å². The van der Waals surface area contributed by atoms with Crippen molar-refractivity contribution in [3.05, 3.63) is 23.8 Å².